The number of methoxy groups -OCH3 is 1. The van der Waals surface area contributed by atoms with Gasteiger partial charge in [0.15, 0.2) is 5.69 Å². The maximum atomic E-state index is 13.4. The molecule has 1 unspecified atom stereocenters. The van der Waals surface area contributed by atoms with E-state index in [2.05, 4.69) is 17.9 Å². The van der Waals surface area contributed by atoms with Gasteiger partial charge in [-0.2, -0.15) is 0 Å². The van der Waals surface area contributed by atoms with Gasteiger partial charge in [-0.05, 0) is 78.0 Å². The van der Waals surface area contributed by atoms with E-state index in [9.17, 15) is 9.59 Å². The van der Waals surface area contributed by atoms with Crippen molar-refractivity contribution in [2.75, 3.05) is 25.1 Å². The molecular formula is C29H39BN2O6. The molecule has 0 N–H and O–H groups in total. The van der Waals surface area contributed by atoms with Gasteiger partial charge >= 0.3 is 19.1 Å². The molecule has 1 aliphatic carbocycles. The highest BCUT2D eigenvalue weighted by Gasteiger charge is 2.53. The van der Waals surface area contributed by atoms with Crippen LogP contribution in [0.2, 0.25) is 0 Å². The van der Waals surface area contributed by atoms with Crippen LogP contribution in [-0.2, 0) is 23.6 Å². The first kappa shape index (κ1) is 28.1. The number of ether oxygens (including phenoxy) is 2. The number of rotatable bonds is 4. The Hall–Kier alpha value is -2.91. The van der Waals surface area contributed by atoms with Gasteiger partial charge in [0, 0.05) is 18.6 Å². The molecule has 0 radical (unpaired) electrons. The zero-order chi connectivity index (χ0) is 28.0. The number of nitrogens with zero attached hydrogens (tertiary/aromatic N) is 2. The molecule has 2 aliphatic heterocycles. The summed E-state index contributed by atoms with van der Waals surface area (Å²) in [6.45, 7) is 16.6. The zero-order valence-corrected chi connectivity index (χ0v) is 24.0. The summed E-state index contributed by atoms with van der Waals surface area (Å²) < 4.78 is 23.3. The Morgan fingerprint density at radius 2 is 1.76 bits per heavy atom. The third-order valence-corrected chi connectivity index (χ3v) is 7.48. The predicted molar refractivity (Wildman–Crippen MR) is 147 cm³/mol. The molecule has 8 nitrogen and oxygen atoms in total. The largest absolute Gasteiger partial charge is 0.497 e. The quantitative estimate of drug-likeness (QED) is 0.431. The molecule has 3 aliphatic rings. The van der Waals surface area contributed by atoms with E-state index in [0.29, 0.717) is 29.9 Å². The summed E-state index contributed by atoms with van der Waals surface area (Å²) in [5.41, 5.74) is 1.45. The molecule has 38 heavy (non-hydrogen) atoms. The van der Waals surface area contributed by atoms with Gasteiger partial charge in [-0.3, -0.25) is 0 Å². The lowest BCUT2D eigenvalue weighted by Crippen LogP contribution is -2.41. The van der Waals surface area contributed by atoms with Crippen molar-refractivity contribution in [3.8, 4) is 0 Å². The molecule has 0 amide bonds. The van der Waals surface area contributed by atoms with Crippen LogP contribution in [0.5, 0.6) is 0 Å². The van der Waals surface area contributed by atoms with E-state index in [1.807, 2.05) is 72.8 Å². The van der Waals surface area contributed by atoms with Crippen LogP contribution in [0.1, 0.15) is 72.3 Å². The highest BCUT2D eigenvalue weighted by molar-refractivity contribution is 6.63. The Bertz CT molecular complexity index is 1210. The van der Waals surface area contributed by atoms with Gasteiger partial charge in [0.25, 0.3) is 0 Å². The van der Waals surface area contributed by atoms with Crippen LogP contribution in [0.3, 0.4) is 0 Å². The number of piperidine rings is 1. The van der Waals surface area contributed by atoms with Crippen molar-refractivity contribution < 1.29 is 28.4 Å². The fraction of sp³-hybridized carbons (Fsp3) is 0.552. The summed E-state index contributed by atoms with van der Waals surface area (Å²) in [5, 5.41) is 0. The van der Waals surface area contributed by atoms with Crippen LogP contribution in [0.25, 0.3) is 0 Å². The van der Waals surface area contributed by atoms with Gasteiger partial charge in [-0.15, -0.1) is 0 Å². The molecule has 0 aromatic carbocycles. The van der Waals surface area contributed by atoms with Gasteiger partial charge in [-0.1, -0.05) is 31.2 Å². The molecule has 1 aromatic rings. The second-order valence-corrected chi connectivity index (χ2v) is 12.2. The molecule has 4 rings (SSSR count). The summed E-state index contributed by atoms with van der Waals surface area (Å²) in [5.74, 6) is -0.0769. The lowest BCUT2D eigenvalue weighted by Gasteiger charge is -2.33. The molecule has 0 saturated carbocycles. The number of anilines is 1. The summed E-state index contributed by atoms with van der Waals surface area (Å²) in [4.78, 5) is 32.9. The second kappa shape index (κ2) is 10.0. The Labute approximate surface area is 226 Å². The van der Waals surface area contributed by atoms with Crippen molar-refractivity contribution in [1.82, 2.24) is 4.98 Å². The molecule has 3 heterocycles. The molecule has 2 saturated heterocycles. The Balaban J connectivity index is 1.74. The van der Waals surface area contributed by atoms with Crippen molar-refractivity contribution in [3.63, 3.8) is 0 Å². The number of hydrogen-bond acceptors (Lipinski definition) is 8. The van der Waals surface area contributed by atoms with Crippen LogP contribution in [-0.4, -0.2) is 61.0 Å². The topological polar surface area (TPSA) is 87.2 Å². The Morgan fingerprint density at radius 3 is 2.37 bits per heavy atom. The fourth-order valence-electron chi connectivity index (χ4n) is 4.72. The summed E-state index contributed by atoms with van der Waals surface area (Å²) in [7, 11) is 0.632. The minimum atomic E-state index is -0.762. The highest BCUT2D eigenvalue weighted by Crippen LogP contribution is 2.37. The highest BCUT2D eigenvalue weighted by atomic mass is 16.7. The monoisotopic (exact) mass is 522 g/mol. The lowest BCUT2D eigenvalue weighted by molar-refractivity contribution is -0.135. The molecule has 9 heteroatoms. The van der Waals surface area contributed by atoms with Crippen molar-refractivity contribution in [3.05, 3.63) is 52.8 Å². The van der Waals surface area contributed by atoms with Gasteiger partial charge in [0.05, 0.1) is 23.9 Å². The first-order chi connectivity index (χ1) is 17.6. The Morgan fingerprint density at radius 1 is 1.11 bits per heavy atom. The smallest absolute Gasteiger partial charge is 0.465 e. The van der Waals surface area contributed by atoms with Crippen molar-refractivity contribution >= 4 is 30.3 Å². The maximum Gasteiger partial charge on any atom is 0.497 e. The average Bonchev–Trinajstić information content (AvgIpc) is 2.94. The predicted octanol–water partition coefficient (Wildman–Crippen LogP) is 4.15. The maximum absolute atomic E-state index is 13.4. The van der Waals surface area contributed by atoms with Crippen molar-refractivity contribution in [1.29, 1.82) is 0 Å². The molecule has 1 aromatic heterocycles. The summed E-state index contributed by atoms with van der Waals surface area (Å²) >= 11 is 0. The lowest BCUT2D eigenvalue weighted by atomic mass is 9.77. The number of pyridine rings is 1. The number of carbonyl (C=O) groups excluding carboxylic acids is 2. The van der Waals surface area contributed by atoms with E-state index in [4.69, 9.17) is 23.8 Å². The van der Waals surface area contributed by atoms with E-state index in [1.54, 1.807) is 0 Å². The SMILES string of the molecule is COC(=O)C1=C2CN(c3ccc(B4OC(C)(C)C(C)(C)O4)c(C(=O)OC(C)(C)C)n3)CCC2=CC(C)C=C1. The summed E-state index contributed by atoms with van der Waals surface area (Å²) in [6.07, 6.45) is 6.79. The average molecular weight is 522 g/mol. The third-order valence-electron chi connectivity index (χ3n) is 7.48. The number of aromatic nitrogens is 1. The van der Waals surface area contributed by atoms with Crippen molar-refractivity contribution in [2.45, 2.75) is 78.6 Å². The molecule has 2 fully saturated rings. The fourth-order valence-corrected chi connectivity index (χ4v) is 4.72. The van der Waals surface area contributed by atoms with E-state index in [0.717, 1.165) is 17.6 Å². The van der Waals surface area contributed by atoms with Gasteiger partial charge in [0.2, 0.25) is 0 Å². The first-order valence-corrected chi connectivity index (χ1v) is 13.2. The normalized spacial score (nSPS) is 22.6. The van der Waals surface area contributed by atoms with E-state index in [-0.39, 0.29) is 17.6 Å². The van der Waals surface area contributed by atoms with E-state index >= 15 is 0 Å². The van der Waals surface area contributed by atoms with Gasteiger partial charge < -0.3 is 23.7 Å². The third kappa shape index (κ3) is 5.59. The standard InChI is InChI=1S/C29H39BN2O6/c1-18-10-11-20(25(33)35-9)21-17-32(15-14-19(21)16-18)23-13-12-22(24(31-23)26(34)36-27(2,3)4)30-37-28(5,6)29(7,8)38-30/h10-13,16,18H,14-15,17H2,1-9H3. The van der Waals surface area contributed by atoms with Crippen LogP contribution < -0.4 is 10.4 Å². The van der Waals surface area contributed by atoms with Gasteiger partial charge in [0.1, 0.15) is 11.4 Å². The minimum absolute atomic E-state index is 0.161. The minimum Gasteiger partial charge on any atom is -0.465 e. The zero-order valence-electron chi connectivity index (χ0n) is 24.0. The molecule has 0 bridgehead atoms. The number of hydrogen-bond donors (Lipinski definition) is 0. The second-order valence-electron chi connectivity index (χ2n) is 12.2. The summed E-state index contributed by atoms with van der Waals surface area (Å²) in [6, 6.07) is 3.70. The first-order valence-electron chi connectivity index (χ1n) is 13.2. The number of esters is 2. The molecule has 0 spiro atoms. The van der Waals surface area contributed by atoms with E-state index < -0.39 is 29.9 Å². The Kier molecular flexibility index (Phi) is 7.40. The van der Waals surface area contributed by atoms with Gasteiger partial charge in [-0.25, -0.2) is 14.6 Å². The van der Waals surface area contributed by atoms with E-state index in [1.165, 1.54) is 7.11 Å². The number of allylic oxidation sites excluding steroid dienone is 2. The van der Waals surface area contributed by atoms with Crippen molar-refractivity contribution in [2.24, 2.45) is 5.92 Å². The number of fused-ring (bicyclic) bond motifs is 1. The molecular weight excluding hydrogens is 483 g/mol. The van der Waals surface area contributed by atoms with Crippen LogP contribution in [0.15, 0.2) is 47.1 Å². The van der Waals surface area contributed by atoms with Crippen LogP contribution in [0, 0.1) is 5.92 Å². The number of carbonyl (C=O) groups is 2. The van der Waals surface area contributed by atoms with Crippen LogP contribution >= 0.6 is 0 Å². The van der Waals surface area contributed by atoms with Crippen LogP contribution in [0.4, 0.5) is 5.82 Å². The molecule has 1 atom stereocenters. The molecule has 204 valence electrons.